The summed E-state index contributed by atoms with van der Waals surface area (Å²) in [6.07, 6.45) is 8.87. The highest BCUT2D eigenvalue weighted by Crippen LogP contribution is 2.62. The number of aliphatic hydroxyl groups excluding tert-OH is 2. The first-order chi connectivity index (χ1) is 29.7. The van der Waals surface area contributed by atoms with Gasteiger partial charge in [0.05, 0.1) is 35.8 Å². The van der Waals surface area contributed by atoms with Gasteiger partial charge in [-0.3, -0.25) is 19.8 Å². The van der Waals surface area contributed by atoms with Crippen LogP contribution in [-0.2, 0) is 9.57 Å². The third kappa shape index (κ3) is 9.59. The van der Waals surface area contributed by atoms with Crippen molar-refractivity contribution in [3.05, 3.63) is 106 Å². The lowest BCUT2D eigenvalue weighted by Gasteiger charge is -2.59. The van der Waals surface area contributed by atoms with E-state index in [1.165, 1.54) is 38.5 Å². The van der Waals surface area contributed by atoms with Crippen LogP contribution in [0.4, 0.5) is 10.5 Å². The molecule has 0 spiro atoms. The van der Waals surface area contributed by atoms with Gasteiger partial charge in [0, 0.05) is 49.8 Å². The molecule has 326 valence electrons. The van der Waals surface area contributed by atoms with Crippen molar-refractivity contribution in [2.75, 3.05) is 40.6 Å². The summed E-state index contributed by atoms with van der Waals surface area (Å²) < 4.78 is 31.9. The minimum Gasteiger partial charge on any atom is -0.496 e. The first kappa shape index (κ1) is 44.8. The normalized spacial score (nSPS) is 23.1. The van der Waals surface area contributed by atoms with Crippen LogP contribution in [0.25, 0.3) is 0 Å². The number of aliphatic hydroxyl groups is 2. The van der Waals surface area contributed by atoms with Crippen LogP contribution in [0.15, 0.2) is 90.1 Å². The number of nitro groups is 1. The maximum Gasteiger partial charge on any atom is 0.415 e. The molecule has 2 N–H and O–H groups in total. The molecule has 3 aromatic carbocycles. The van der Waals surface area contributed by atoms with Gasteiger partial charge in [-0.25, -0.2) is 4.79 Å². The molecule has 0 saturated heterocycles. The number of nitrogens with zero attached hydrogens (tertiary/aromatic N) is 3. The number of unbranched alkanes of at least 4 members (excludes halogenated alkanes) is 2. The Bertz CT molecular complexity index is 2090. The number of nitro benzene ring substituents is 1. The van der Waals surface area contributed by atoms with Crippen LogP contribution in [0.5, 0.6) is 28.7 Å². The number of methoxy groups -OCH3 is 1. The number of aldehydes is 1. The lowest BCUT2D eigenvalue weighted by molar-refractivity contribution is -0.384. The van der Waals surface area contributed by atoms with Crippen molar-refractivity contribution in [2.24, 2.45) is 22.9 Å². The number of benzene rings is 3. The molecule has 1 amide bonds. The van der Waals surface area contributed by atoms with E-state index in [4.69, 9.17) is 28.5 Å². The van der Waals surface area contributed by atoms with Gasteiger partial charge in [0.25, 0.3) is 5.69 Å². The summed E-state index contributed by atoms with van der Waals surface area (Å²) in [6, 6.07) is 15.1. The van der Waals surface area contributed by atoms with Crippen LogP contribution in [0, 0.1) is 27.9 Å². The molecule has 0 unspecified atom stereocenters. The minimum atomic E-state index is -1.52. The number of carbonyl (C=O) groups is 2. The monoisotopic (exact) mass is 841 g/mol. The quantitative estimate of drug-likeness (QED) is 0.0343. The van der Waals surface area contributed by atoms with Gasteiger partial charge < -0.3 is 38.7 Å². The van der Waals surface area contributed by atoms with Crippen LogP contribution in [0.3, 0.4) is 0 Å². The Morgan fingerprint density at radius 3 is 2.38 bits per heavy atom. The molecule has 0 aromatic heterocycles. The maximum absolute atomic E-state index is 14.5. The molecule has 2 aliphatic carbocycles. The summed E-state index contributed by atoms with van der Waals surface area (Å²) in [7, 11) is 2.97. The van der Waals surface area contributed by atoms with E-state index in [-0.39, 0.29) is 62.0 Å². The fraction of sp³-hybridized carbons (Fsp3) is 0.457. The molecule has 1 saturated carbocycles. The first-order valence-electron chi connectivity index (χ1n) is 20.8. The third-order valence-corrected chi connectivity index (χ3v) is 11.7. The van der Waals surface area contributed by atoms with Crippen LogP contribution >= 0.6 is 0 Å². The zero-order chi connectivity index (χ0) is 43.5. The number of hydrogen-bond acceptors (Lipinski definition) is 13. The predicted molar refractivity (Wildman–Crippen MR) is 227 cm³/mol. The Hall–Kier alpha value is -5.77. The molecule has 3 aliphatic rings. The summed E-state index contributed by atoms with van der Waals surface area (Å²) >= 11 is 0. The molecule has 1 fully saturated rings. The number of allylic oxidation sites excluding steroid dienone is 1. The van der Waals surface area contributed by atoms with Gasteiger partial charge in [-0.15, -0.1) is 6.58 Å². The van der Waals surface area contributed by atoms with E-state index in [2.05, 4.69) is 17.8 Å². The van der Waals surface area contributed by atoms with Gasteiger partial charge in [0.15, 0.2) is 6.29 Å². The van der Waals surface area contributed by atoms with Gasteiger partial charge >= 0.3 is 6.09 Å². The number of fused-ring (bicyclic) bond motifs is 2. The predicted octanol–water partition coefficient (Wildman–Crippen LogP) is 8.38. The van der Waals surface area contributed by atoms with Crippen LogP contribution in [0.1, 0.15) is 80.1 Å². The molecule has 61 heavy (non-hydrogen) atoms. The van der Waals surface area contributed by atoms with Crippen LogP contribution in [0.2, 0.25) is 0 Å². The molecular formula is C46H55N3O12. The zero-order valence-corrected chi connectivity index (χ0v) is 34.9. The molecule has 0 bridgehead atoms. The fourth-order valence-electron chi connectivity index (χ4n) is 9.24. The van der Waals surface area contributed by atoms with E-state index in [1.54, 1.807) is 35.2 Å². The average molecular weight is 842 g/mol. The van der Waals surface area contributed by atoms with Crippen LogP contribution in [-0.4, -0.2) is 90.5 Å². The summed E-state index contributed by atoms with van der Waals surface area (Å²) in [4.78, 5) is 44.3. The standard InChI is InChI=1S/C46H55N3O12/c1-5-21-48(45(53)60-33-15-13-32(14-16-33)49(54)55)42-28-39(47-57-4)37-26-30(11-7-9-22-50)36(12-8-10-23-51)43-38-27-35(59-34-17-19-40(56-3)31(25-34)29-52)18-20-41(38)61-46(42,44(37)43)58-24-6-2/h6,13-20,25-27,29-30,36,42-44,50-51H,2,5,7-12,21-24,28H2,1,3-4H3/t30-,36+,42-,43+,44+,46+/m0/s1. The second-order valence-electron chi connectivity index (χ2n) is 15.4. The van der Waals surface area contributed by atoms with E-state index < -0.39 is 28.8 Å². The Morgan fingerprint density at radius 2 is 1.72 bits per heavy atom. The number of amides is 1. The Kier molecular flexibility index (Phi) is 15.2. The lowest BCUT2D eigenvalue weighted by Crippen LogP contribution is -2.70. The molecule has 1 aliphatic heterocycles. The highest BCUT2D eigenvalue weighted by molar-refractivity contribution is 6.03. The maximum atomic E-state index is 14.5. The first-order valence-corrected chi connectivity index (χ1v) is 20.8. The Morgan fingerprint density at radius 1 is 1.02 bits per heavy atom. The van der Waals surface area contributed by atoms with Gasteiger partial charge in [-0.05, 0) is 98.0 Å². The molecule has 6 rings (SSSR count). The summed E-state index contributed by atoms with van der Waals surface area (Å²) in [6.45, 7) is 6.33. The number of rotatable bonds is 21. The Balaban J connectivity index is 1.54. The highest BCUT2D eigenvalue weighted by Gasteiger charge is 2.65. The summed E-state index contributed by atoms with van der Waals surface area (Å²) in [5, 5.41) is 35.7. The molecule has 1 heterocycles. The molecule has 6 atom stereocenters. The van der Waals surface area contributed by atoms with E-state index in [0.29, 0.717) is 59.8 Å². The van der Waals surface area contributed by atoms with Crippen molar-refractivity contribution in [1.29, 1.82) is 0 Å². The average Bonchev–Trinajstić information content (AvgIpc) is 3.26. The molecule has 3 aromatic rings. The molecule has 15 heteroatoms. The number of oxime groups is 1. The molecule has 15 nitrogen and oxygen atoms in total. The third-order valence-electron chi connectivity index (χ3n) is 11.7. The smallest absolute Gasteiger partial charge is 0.415 e. The number of hydrogen-bond donors (Lipinski definition) is 2. The van der Waals surface area contributed by atoms with Gasteiger partial charge in [0.1, 0.15) is 41.9 Å². The topological polar surface area (TPSA) is 189 Å². The SMILES string of the molecule is C=CCO[C@@]12Oc3ccc(Oc4ccc(OC)c(C=O)c4)cc3[C@H]3[C@H](CCCCO)[C@@H](CCCCO)C=C(C(=NOC)C[C@@H]1N(CCC)C(=O)Oc1ccc([N+](=O)[O-])cc1)[C@H]32. The van der Waals surface area contributed by atoms with E-state index in [0.717, 1.165) is 36.8 Å². The number of ether oxygens (including phenoxy) is 5. The van der Waals surface area contributed by atoms with Crippen molar-refractivity contribution in [3.8, 4) is 28.7 Å². The lowest BCUT2D eigenvalue weighted by atomic mass is 9.55. The second kappa shape index (κ2) is 20.7. The molecular weight excluding hydrogens is 787 g/mol. The van der Waals surface area contributed by atoms with Crippen molar-refractivity contribution in [2.45, 2.75) is 76.0 Å². The largest absolute Gasteiger partial charge is 0.496 e. The summed E-state index contributed by atoms with van der Waals surface area (Å²) in [5.41, 5.74) is 2.53. The minimum absolute atomic E-state index is 0.0170. The van der Waals surface area contributed by atoms with Crippen molar-refractivity contribution < 1.29 is 53.2 Å². The zero-order valence-electron chi connectivity index (χ0n) is 34.9. The molecule has 0 radical (unpaired) electrons. The van der Waals surface area contributed by atoms with Crippen LogP contribution < -0.4 is 18.9 Å². The van der Waals surface area contributed by atoms with Gasteiger partial charge in [0.2, 0.25) is 5.79 Å². The van der Waals surface area contributed by atoms with Gasteiger partial charge in [-0.2, -0.15) is 0 Å². The second-order valence-corrected chi connectivity index (χ2v) is 15.4. The van der Waals surface area contributed by atoms with Gasteiger partial charge in [-0.1, -0.05) is 37.1 Å². The van der Waals surface area contributed by atoms with Crippen molar-refractivity contribution >= 4 is 23.8 Å². The number of carbonyl (C=O) groups excluding carboxylic acids is 2. The number of non-ortho nitro benzene ring substituents is 1. The van der Waals surface area contributed by atoms with E-state index >= 15 is 0 Å². The Labute approximate surface area is 355 Å². The van der Waals surface area contributed by atoms with E-state index in [1.807, 2.05) is 19.1 Å². The fourth-order valence-corrected chi connectivity index (χ4v) is 9.24. The van der Waals surface area contributed by atoms with Crippen molar-refractivity contribution in [1.82, 2.24) is 4.90 Å². The highest BCUT2D eigenvalue weighted by atomic mass is 16.7. The van der Waals surface area contributed by atoms with Crippen molar-refractivity contribution in [3.63, 3.8) is 0 Å². The summed E-state index contributed by atoms with van der Waals surface area (Å²) in [5.74, 6) is -0.386. The van der Waals surface area contributed by atoms with E-state index in [9.17, 15) is 29.9 Å².